The molecule has 2 aliphatic heterocycles. The molecular formula is C12H20N2O3S. The molecule has 18 heavy (non-hydrogen) atoms. The van der Waals surface area contributed by atoms with Crippen molar-refractivity contribution in [3.63, 3.8) is 0 Å². The molecule has 0 aromatic carbocycles. The van der Waals surface area contributed by atoms with E-state index in [0.29, 0.717) is 13.0 Å². The van der Waals surface area contributed by atoms with Gasteiger partial charge in [0.25, 0.3) is 0 Å². The predicted octanol–water partition coefficient (Wildman–Crippen LogP) is 0.403. The molecule has 6 heteroatoms. The van der Waals surface area contributed by atoms with Gasteiger partial charge in [0.05, 0.1) is 0 Å². The summed E-state index contributed by atoms with van der Waals surface area (Å²) < 4.78 is 0. The van der Waals surface area contributed by atoms with E-state index < -0.39 is 12.0 Å². The van der Waals surface area contributed by atoms with Crippen LogP contribution in [0.1, 0.15) is 19.8 Å². The number of rotatable bonds is 3. The van der Waals surface area contributed by atoms with Gasteiger partial charge in [0.15, 0.2) is 0 Å². The second-order valence-electron chi connectivity index (χ2n) is 5.07. The van der Waals surface area contributed by atoms with Gasteiger partial charge in [0.2, 0.25) is 5.91 Å². The van der Waals surface area contributed by atoms with Crippen LogP contribution in [0.4, 0.5) is 0 Å². The van der Waals surface area contributed by atoms with Gasteiger partial charge in [-0.1, -0.05) is 6.92 Å². The van der Waals surface area contributed by atoms with Gasteiger partial charge in [0.1, 0.15) is 6.04 Å². The quantitative estimate of drug-likeness (QED) is 0.778. The van der Waals surface area contributed by atoms with Crippen LogP contribution in [0.5, 0.6) is 0 Å². The SMILES string of the molecule is CC1CCN(C(=O)CC2CSCCN2)C1C(=O)O. The number of carbonyl (C=O) groups is 2. The first kappa shape index (κ1) is 13.7. The van der Waals surface area contributed by atoms with Crippen LogP contribution in [-0.4, -0.2) is 58.6 Å². The van der Waals surface area contributed by atoms with E-state index >= 15 is 0 Å². The monoisotopic (exact) mass is 272 g/mol. The summed E-state index contributed by atoms with van der Waals surface area (Å²) in [6, 6.07) is -0.435. The molecule has 2 heterocycles. The second-order valence-corrected chi connectivity index (χ2v) is 6.22. The fraction of sp³-hybridized carbons (Fsp3) is 0.833. The highest BCUT2D eigenvalue weighted by molar-refractivity contribution is 7.99. The van der Waals surface area contributed by atoms with E-state index in [0.717, 1.165) is 24.5 Å². The molecule has 0 aromatic rings. The molecule has 0 saturated carbocycles. The van der Waals surface area contributed by atoms with Crippen LogP contribution in [0.3, 0.4) is 0 Å². The average Bonchev–Trinajstić information content (AvgIpc) is 2.72. The Hall–Kier alpha value is -0.750. The van der Waals surface area contributed by atoms with Crippen LogP contribution in [0.2, 0.25) is 0 Å². The molecule has 0 spiro atoms. The lowest BCUT2D eigenvalue weighted by Gasteiger charge is -2.27. The van der Waals surface area contributed by atoms with Gasteiger partial charge < -0.3 is 15.3 Å². The van der Waals surface area contributed by atoms with Crippen molar-refractivity contribution in [1.29, 1.82) is 0 Å². The van der Waals surface area contributed by atoms with Crippen LogP contribution < -0.4 is 5.32 Å². The van der Waals surface area contributed by atoms with Gasteiger partial charge >= 0.3 is 5.97 Å². The highest BCUT2D eigenvalue weighted by Gasteiger charge is 2.39. The summed E-state index contributed by atoms with van der Waals surface area (Å²) in [5.41, 5.74) is 0. The van der Waals surface area contributed by atoms with E-state index in [1.54, 1.807) is 4.90 Å². The minimum absolute atomic E-state index is 0.0215. The number of likely N-dealkylation sites (tertiary alicyclic amines) is 1. The summed E-state index contributed by atoms with van der Waals surface area (Å²) in [6.45, 7) is 3.42. The zero-order valence-corrected chi connectivity index (χ0v) is 11.4. The van der Waals surface area contributed by atoms with Crippen molar-refractivity contribution in [2.75, 3.05) is 24.6 Å². The topological polar surface area (TPSA) is 69.6 Å². The molecule has 0 aromatic heterocycles. The number of nitrogens with one attached hydrogen (secondary N) is 1. The zero-order valence-electron chi connectivity index (χ0n) is 10.6. The predicted molar refractivity (Wildman–Crippen MR) is 70.7 cm³/mol. The number of carboxylic acid groups (broad SMARTS) is 1. The van der Waals surface area contributed by atoms with Crippen molar-refractivity contribution in [3.05, 3.63) is 0 Å². The normalized spacial score (nSPS) is 32.5. The summed E-state index contributed by atoms with van der Waals surface area (Å²) in [4.78, 5) is 24.9. The van der Waals surface area contributed by atoms with Gasteiger partial charge in [-0.15, -0.1) is 0 Å². The van der Waals surface area contributed by atoms with E-state index in [2.05, 4.69) is 5.32 Å². The molecule has 1 amide bonds. The molecular weight excluding hydrogens is 252 g/mol. The Morgan fingerprint density at radius 1 is 1.50 bits per heavy atom. The maximum Gasteiger partial charge on any atom is 0.326 e. The average molecular weight is 272 g/mol. The maximum atomic E-state index is 12.2. The molecule has 2 saturated heterocycles. The summed E-state index contributed by atoms with van der Waals surface area (Å²) in [5.74, 6) is 1.18. The number of carbonyl (C=O) groups excluding carboxylic acids is 1. The third-order valence-electron chi connectivity index (χ3n) is 3.69. The third kappa shape index (κ3) is 2.98. The lowest BCUT2D eigenvalue weighted by Crippen LogP contribution is -2.47. The van der Waals surface area contributed by atoms with E-state index in [4.69, 9.17) is 0 Å². The minimum Gasteiger partial charge on any atom is -0.480 e. The molecule has 2 aliphatic rings. The number of carboxylic acids is 1. The number of aliphatic carboxylic acids is 1. The smallest absolute Gasteiger partial charge is 0.326 e. The standard InChI is InChI=1S/C12H20N2O3S/c1-8-2-4-14(11(8)12(16)17)10(15)6-9-7-18-5-3-13-9/h8-9,11,13H,2-7H2,1H3,(H,16,17). The number of hydrogen-bond donors (Lipinski definition) is 2. The van der Waals surface area contributed by atoms with Gasteiger partial charge in [-0.25, -0.2) is 4.79 Å². The van der Waals surface area contributed by atoms with Gasteiger partial charge in [-0.2, -0.15) is 11.8 Å². The van der Waals surface area contributed by atoms with Crippen LogP contribution >= 0.6 is 11.8 Å². The Morgan fingerprint density at radius 2 is 2.28 bits per heavy atom. The summed E-state index contributed by atoms with van der Waals surface area (Å²) >= 11 is 1.85. The molecule has 2 rings (SSSR count). The van der Waals surface area contributed by atoms with E-state index in [9.17, 15) is 14.7 Å². The number of amides is 1. The fourth-order valence-corrected chi connectivity index (χ4v) is 3.63. The lowest BCUT2D eigenvalue weighted by molar-refractivity contribution is -0.149. The maximum absolute atomic E-state index is 12.2. The number of hydrogen-bond acceptors (Lipinski definition) is 4. The van der Waals surface area contributed by atoms with Crippen molar-refractivity contribution in [3.8, 4) is 0 Å². The van der Waals surface area contributed by atoms with Crippen molar-refractivity contribution < 1.29 is 14.7 Å². The highest BCUT2D eigenvalue weighted by Crippen LogP contribution is 2.25. The van der Waals surface area contributed by atoms with Crippen LogP contribution in [0.25, 0.3) is 0 Å². The van der Waals surface area contributed by atoms with Crippen LogP contribution in [0, 0.1) is 5.92 Å². The van der Waals surface area contributed by atoms with E-state index in [-0.39, 0.29) is 17.9 Å². The van der Waals surface area contributed by atoms with E-state index in [1.807, 2.05) is 18.7 Å². The highest BCUT2D eigenvalue weighted by atomic mass is 32.2. The van der Waals surface area contributed by atoms with Crippen LogP contribution in [0.15, 0.2) is 0 Å². The minimum atomic E-state index is -0.876. The molecule has 3 unspecified atom stereocenters. The molecule has 0 radical (unpaired) electrons. The first-order valence-corrected chi connectivity index (χ1v) is 7.58. The van der Waals surface area contributed by atoms with Crippen molar-refractivity contribution in [1.82, 2.24) is 10.2 Å². The van der Waals surface area contributed by atoms with Crippen molar-refractivity contribution in [2.45, 2.75) is 31.8 Å². The second kappa shape index (κ2) is 5.93. The molecule has 5 nitrogen and oxygen atoms in total. The molecule has 0 bridgehead atoms. The zero-order chi connectivity index (χ0) is 13.1. The summed E-state index contributed by atoms with van der Waals surface area (Å²) in [6.07, 6.45) is 1.21. The number of nitrogens with zero attached hydrogens (tertiary/aromatic N) is 1. The van der Waals surface area contributed by atoms with Crippen molar-refractivity contribution in [2.24, 2.45) is 5.92 Å². The molecule has 102 valence electrons. The van der Waals surface area contributed by atoms with Gasteiger partial charge in [0, 0.05) is 37.1 Å². The third-order valence-corrected chi connectivity index (χ3v) is 4.82. The van der Waals surface area contributed by atoms with E-state index in [1.165, 1.54) is 0 Å². The largest absolute Gasteiger partial charge is 0.480 e. The molecule has 2 N–H and O–H groups in total. The molecule has 2 fully saturated rings. The Labute approximate surface area is 111 Å². The first-order chi connectivity index (χ1) is 8.59. The molecule has 0 aliphatic carbocycles. The fourth-order valence-electron chi connectivity index (χ4n) is 2.68. The Kier molecular flexibility index (Phi) is 4.50. The number of thioether (sulfide) groups is 1. The van der Waals surface area contributed by atoms with Crippen molar-refractivity contribution >= 4 is 23.6 Å². The summed E-state index contributed by atoms with van der Waals surface area (Å²) in [7, 11) is 0. The van der Waals surface area contributed by atoms with Gasteiger partial charge in [-0.3, -0.25) is 4.79 Å². The Bertz CT molecular complexity index is 331. The van der Waals surface area contributed by atoms with Crippen LogP contribution in [-0.2, 0) is 9.59 Å². The summed E-state index contributed by atoms with van der Waals surface area (Å²) in [5, 5.41) is 12.5. The Morgan fingerprint density at radius 3 is 2.89 bits per heavy atom. The Balaban J connectivity index is 1.93. The van der Waals surface area contributed by atoms with Gasteiger partial charge in [-0.05, 0) is 12.3 Å². The molecule has 3 atom stereocenters. The first-order valence-electron chi connectivity index (χ1n) is 6.43. The lowest BCUT2D eigenvalue weighted by atomic mass is 10.0.